The fraction of sp³-hybridized carbons (Fsp3) is 0.296. The molecule has 1 unspecified atom stereocenters. The van der Waals surface area contributed by atoms with Crippen LogP contribution in [0.25, 0.3) is 28.0 Å². The molecule has 0 aliphatic carbocycles. The van der Waals surface area contributed by atoms with Gasteiger partial charge in [0.05, 0.1) is 24.6 Å². The monoisotopic (exact) mass is 496 g/mol. The number of aryl methyl sites for hydroxylation is 1. The van der Waals surface area contributed by atoms with Gasteiger partial charge in [0.25, 0.3) is 5.56 Å². The highest BCUT2D eigenvalue weighted by atomic mass is 16.5. The van der Waals surface area contributed by atoms with E-state index in [1.807, 2.05) is 60.8 Å². The summed E-state index contributed by atoms with van der Waals surface area (Å²) in [7, 11) is 0. The fourth-order valence-electron chi connectivity index (χ4n) is 4.63. The van der Waals surface area contributed by atoms with Crippen LogP contribution in [0.1, 0.15) is 24.4 Å². The van der Waals surface area contributed by atoms with Crippen molar-refractivity contribution in [1.82, 2.24) is 39.5 Å². The highest BCUT2D eigenvalue weighted by Crippen LogP contribution is 2.24. The van der Waals surface area contributed by atoms with Crippen molar-refractivity contribution in [2.75, 3.05) is 26.2 Å². The van der Waals surface area contributed by atoms with Gasteiger partial charge in [-0.25, -0.2) is 9.36 Å². The number of para-hydroxylation sites is 1. The fourth-order valence-corrected chi connectivity index (χ4v) is 4.63. The van der Waals surface area contributed by atoms with Crippen LogP contribution < -0.4 is 5.56 Å². The largest absolute Gasteiger partial charge is 0.337 e. The molecule has 0 spiro atoms. The van der Waals surface area contributed by atoms with Crippen LogP contribution in [0.5, 0.6) is 0 Å². The van der Waals surface area contributed by atoms with E-state index in [0.717, 1.165) is 42.8 Å². The summed E-state index contributed by atoms with van der Waals surface area (Å²) in [5.41, 5.74) is 3.28. The van der Waals surface area contributed by atoms with Gasteiger partial charge in [0, 0.05) is 43.3 Å². The molecule has 6 rings (SSSR count). The van der Waals surface area contributed by atoms with Crippen molar-refractivity contribution in [1.29, 1.82) is 0 Å². The molecular weight excluding hydrogens is 468 g/mol. The number of benzene rings is 2. The van der Waals surface area contributed by atoms with E-state index in [2.05, 4.69) is 44.0 Å². The summed E-state index contributed by atoms with van der Waals surface area (Å²) in [5.74, 6) is 1.22. The van der Waals surface area contributed by atoms with E-state index in [9.17, 15) is 4.79 Å². The van der Waals surface area contributed by atoms with Gasteiger partial charge in [-0.15, -0.1) is 0 Å². The van der Waals surface area contributed by atoms with Gasteiger partial charge in [-0.2, -0.15) is 15.2 Å². The molecule has 1 aliphatic rings. The maximum Gasteiger partial charge on any atom is 0.296 e. The van der Waals surface area contributed by atoms with Crippen LogP contribution in [0, 0.1) is 6.92 Å². The van der Waals surface area contributed by atoms with E-state index in [1.54, 1.807) is 10.9 Å². The second-order valence-electron chi connectivity index (χ2n) is 9.46. The highest BCUT2D eigenvalue weighted by molar-refractivity contribution is 5.76. The summed E-state index contributed by atoms with van der Waals surface area (Å²) < 4.78 is 8.81. The van der Waals surface area contributed by atoms with Crippen LogP contribution in [0.4, 0.5) is 0 Å². The third kappa shape index (κ3) is 4.68. The van der Waals surface area contributed by atoms with E-state index in [1.165, 1.54) is 10.2 Å². The van der Waals surface area contributed by atoms with Gasteiger partial charge < -0.3 is 4.52 Å². The molecule has 5 aromatic rings. The zero-order valence-corrected chi connectivity index (χ0v) is 20.9. The Balaban J connectivity index is 1.10. The summed E-state index contributed by atoms with van der Waals surface area (Å²) >= 11 is 0. The Morgan fingerprint density at radius 2 is 1.76 bits per heavy atom. The Morgan fingerprint density at radius 1 is 1.00 bits per heavy atom. The molecule has 1 saturated heterocycles. The zero-order valence-electron chi connectivity index (χ0n) is 20.9. The molecule has 1 atom stereocenters. The van der Waals surface area contributed by atoms with Gasteiger partial charge in [0.15, 0.2) is 5.52 Å². The first kappa shape index (κ1) is 23.3. The molecule has 0 bridgehead atoms. The SMILES string of the molecule is Cc1ccc(-c2noc(C(C)N3CCN(Cn4ncc5cn(-c6ccccc6)nc5c4=O)CC3)n2)cc1. The minimum Gasteiger partial charge on any atom is -0.337 e. The molecule has 0 N–H and O–H groups in total. The quantitative estimate of drug-likeness (QED) is 0.353. The number of hydrogen-bond acceptors (Lipinski definition) is 8. The lowest BCUT2D eigenvalue weighted by Gasteiger charge is -2.36. The summed E-state index contributed by atoms with van der Waals surface area (Å²) in [4.78, 5) is 22.3. The van der Waals surface area contributed by atoms with E-state index in [0.29, 0.717) is 23.9 Å². The predicted octanol–water partition coefficient (Wildman–Crippen LogP) is 3.28. The lowest BCUT2D eigenvalue weighted by atomic mass is 10.1. The molecule has 37 heavy (non-hydrogen) atoms. The van der Waals surface area contributed by atoms with Gasteiger partial charge in [-0.3, -0.25) is 14.6 Å². The van der Waals surface area contributed by atoms with Crippen LogP contribution in [-0.2, 0) is 6.67 Å². The molecule has 4 heterocycles. The Bertz CT molecular complexity index is 1560. The normalized spacial score (nSPS) is 15.8. The van der Waals surface area contributed by atoms with E-state index >= 15 is 0 Å². The van der Waals surface area contributed by atoms with Crippen LogP contribution in [-0.4, -0.2) is 65.7 Å². The molecule has 1 fully saturated rings. The Morgan fingerprint density at radius 3 is 2.51 bits per heavy atom. The topological polar surface area (TPSA) is 98.1 Å². The molecule has 0 amide bonds. The Labute approximate surface area is 213 Å². The van der Waals surface area contributed by atoms with Crippen molar-refractivity contribution in [3.05, 3.63) is 88.8 Å². The van der Waals surface area contributed by atoms with E-state index < -0.39 is 0 Å². The highest BCUT2D eigenvalue weighted by Gasteiger charge is 2.26. The maximum absolute atomic E-state index is 13.1. The molecule has 0 saturated carbocycles. The molecule has 2 aromatic carbocycles. The standard InChI is InChI=1S/C27H28N8O2/c1-19-8-10-21(11-9-19)25-29-26(37-31-25)20(2)33-14-12-32(13-15-33)18-35-27(36)24-22(16-28-35)17-34(30-24)23-6-4-3-5-7-23/h3-11,16-17,20H,12-15,18H2,1-2H3. The Kier molecular flexibility index (Phi) is 6.11. The van der Waals surface area contributed by atoms with Crippen molar-refractivity contribution in [3.8, 4) is 17.1 Å². The van der Waals surface area contributed by atoms with Gasteiger partial charge in [-0.1, -0.05) is 53.2 Å². The zero-order chi connectivity index (χ0) is 25.4. The Hall–Kier alpha value is -4.15. The minimum absolute atomic E-state index is 0.00740. The first-order chi connectivity index (χ1) is 18.0. The molecule has 0 radical (unpaired) electrons. The third-order valence-corrected chi connectivity index (χ3v) is 6.93. The van der Waals surface area contributed by atoms with Crippen molar-refractivity contribution in [2.24, 2.45) is 0 Å². The van der Waals surface area contributed by atoms with Gasteiger partial charge in [0.1, 0.15) is 0 Å². The first-order valence-electron chi connectivity index (χ1n) is 12.4. The number of rotatable bonds is 6. The lowest BCUT2D eigenvalue weighted by molar-refractivity contribution is 0.0678. The van der Waals surface area contributed by atoms with Gasteiger partial charge >= 0.3 is 0 Å². The summed E-state index contributed by atoms with van der Waals surface area (Å²) in [5, 5.41) is 13.8. The average Bonchev–Trinajstić information content (AvgIpc) is 3.60. The van der Waals surface area contributed by atoms with Crippen molar-refractivity contribution in [3.63, 3.8) is 0 Å². The third-order valence-electron chi connectivity index (χ3n) is 6.93. The number of aromatic nitrogens is 6. The van der Waals surface area contributed by atoms with Crippen LogP contribution in [0.15, 0.2) is 76.3 Å². The number of hydrogen-bond donors (Lipinski definition) is 0. The van der Waals surface area contributed by atoms with Crippen LogP contribution in [0.2, 0.25) is 0 Å². The average molecular weight is 497 g/mol. The van der Waals surface area contributed by atoms with Crippen LogP contribution >= 0.6 is 0 Å². The second-order valence-corrected chi connectivity index (χ2v) is 9.46. The minimum atomic E-state index is -0.183. The molecule has 3 aromatic heterocycles. The van der Waals surface area contributed by atoms with E-state index in [4.69, 9.17) is 4.52 Å². The molecule has 1 aliphatic heterocycles. The number of nitrogens with zero attached hydrogens (tertiary/aromatic N) is 8. The van der Waals surface area contributed by atoms with E-state index in [-0.39, 0.29) is 11.6 Å². The second kappa shape index (κ2) is 9.72. The number of fused-ring (bicyclic) bond motifs is 1. The molecular formula is C27H28N8O2. The smallest absolute Gasteiger partial charge is 0.296 e. The molecule has 188 valence electrons. The summed E-state index contributed by atoms with van der Waals surface area (Å²) in [6.07, 6.45) is 3.55. The number of piperazine rings is 1. The summed E-state index contributed by atoms with van der Waals surface area (Å²) in [6, 6.07) is 17.9. The predicted molar refractivity (Wildman–Crippen MR) is 139 cm³/mol. The van der Waals surface area contributed by atoms with Gasteiger partial charge in [-0.05, 0) is 26.0 Å². The maximum atomic E-state index is 13.1. The van der Waals surface area contributed by atoms with Gasteiger partial charge in [0.2, 0.25) is 11.7 Å². The van der Waals surface area contributed by atoms with Crippen molar-refractivity contribution in [2.45, 2.75) is 26.6 Å². The summed E-state index contributed by atoms with van der Waals surface area (Å²) in [6.45, 7) is 7.81. The van der Waals surface area contributed by atoms with Crippen LogP contribution in [0.3, 0.4) is 0 Å². The van der Waals surface area contributed by atoms with Crippen molar-refractivity contribution < 1.29 is 4.52 Å². The lowest BCUT2D eigenvalue weighted by Crippen LogP contribution is -2.48. The van der Waals surface area contributed by atoms with Crippen molar-refractivity contribution >= 4 is 10.9 Å². The molecule has 10 nitrogen and oxygen atoms in total. The molecule has 10 heteroatoms. The first-order valence-corrected chi connectivity index (χ1v) is 12.4.